The number of hydrogen-bond acceptors (Lipinski definition) is 4. The van der Waals surface area contributed by atoms with Gasteiger partial charge in [0.15, 0.2) is 0 Å². The second-order valence-corrected chi connectivity index (χ2v) is 8.52. The molecule has 0 spiro atoms. The molecule has 0 unspecified atom stereocenters. The minimum atomic E-state index is -3.21. The number of fused-ring (bicyclic) bond motifs is 1. The molecule has 2 aliphatic heterocycles. The van der Waals surface area contributed by atoms with Crippen molar-refractivity contribution in [1.82, 2.24) is 18.7 Å². The maximum Gasteiger partial charge on any atom is 0.270 e. The zero-order valence-corrected chi connectivity index (χ0v) is 15.3. The minimum Gasteiger partial charge on any atom is -0.339 e. The summed E-state index contributed by atoms with van der Waals surface area (Å²) in [5.41, 5.74) is 1.58. The van der Waals surface area contributed by atoms with Crippen molar-refractivity contribution < 1.29 is 13.2 Å². The van der Waals surface area contributed by atoms with E-state index in [4.69, 9.17) is 0 Å². The summed E-state index contributed by atoms with van der Waals surface area (Å²) in [4.78, 5) is 17.1. The van der Waals surface area contributed by atoms with Gasteiger partial charge in [-0.2, -0.15) is 4.31 Å². The number of likely N-dealkylation sites (N-methyl/N-ethyl adjacent to an activating group) is 1. The lowest BCUT2D eigenvalue weighted by molar-refractivity contribution is 0.0632. The molecule has 1 amide bonds. The Morgan fingerprint density at radius 3 is 2.42 bits per heavy atom. The van der Waals surface area contributed by atoms with E-state index in [-0.39, 0.29) is 5.91 Å². The normalized spacial score (nSPS) is 20.7. The SMILES string of the molecule is CCN1CCN(C(=O)c2ccc3n2CCCN(S(C)(=O)=O)C3)CC1. The predicted octanol–water partition coefficient (Wildman–Crippen LogP) is 0.431. The van der Waals surface area contributed by atoms with Crippen molar-refractivity contribution in [2.45, 2.75) is 26.4 Å². The van der Waals surface area contributed by atoms with Crippen LogP contribution in [0.4, 0.5) is 0 Å². The van der Waals surface area contributed by atoms with Gasteiger partial charge in [0.25, 0.3) is 5.91 Å². The van der Waals surface area contributed by atoms with E-state index in [2.05, 4.69) is 11.8 Å². The molecule has 7 nitrogen and oxygen atoms in total. The van der Waals surface area contributed by atoms with Crippen LogP contribution in [0.2, 0.25) is 0 Å². The maximum absolute atomic E-state index is 12.9. The summed E-state index contributed by atoms with van der Waals surface area (Å²) in [6, 6.07) is 3.73. The number of carbonyl (C=O) groups is 1. The molecule has 3 heterocycles. The van der Waals surface area contributed by atoms with Crippen molar-refractivity contribution in [3.8, 4) is 0 Å². The van der Waals surface area contributed by atoms with E-state index in [1.54, 1.807) is 0 Å². The number of hydrogen-bond donors (Lipinski definition) is 0. The molecule has 1 aromatic rings. The number of sulfonamides is 1. The second kappa shape index (κ2) is 6.85. The Balaban J connectivity index is 1.77. The Bertz CT molecular complexity index is 705. The molecule has 0 aliphatic carbocycles. The van der Waals surface area contributed by atoms with E-state index in [9.17, 15) is 13.2 Å². The Morgan fingerprint density at radius 2 is 1.79 bits per heavy atom. The fraction of sp³-hybridized carbons (Fsp3) is 0.688. The Morgan fingerprint density at radius 1 is 1.08 bits per heavy atom. The Labute approximate surface area is 143 Å². The molecule has 2 aliphatic rings. The van der Waals surface area contributed by atoms with Crippen molar-refractivity contribution in [2.75, 3.05) is 45.5 Å². The highest BCUT2D eigenvalue weighted by Crippen LogP contribution is 2.20. The van der Waals surface area contributed by atoms with Gasteiger partial charge in [-0.05, 0) is 25.1 Å². The number of piperazine rings is 1. The maximum atomic E-state index is 12.9. The van der Waals surface area contributed by atoms with Gasteiger partial charge in [0, 0.05) is 45.0 Å². The van der Waals surface area contributed by atoms with E-state index in [1.165, 1.54) is 10.6 Å². The van der Waals surface area contributed by atoms with Gasteiger partial charge in [-0.1, -0.05) is 6.92 Å². The van der Waals surface area contributed by atoms with Crippen molar-refractivity contribution >= 4 is 15.9 Å². The first-order chi connectivity index (χ1) is 11.4. The molecular weight excluding hydrogens is 328 g/mol. The molecule has 0 N–H and O–H groups in total. The average Bonchev–Trinajstić information content (AvgIpc) is 2.82. The van der Waals surface area contributed by atoms with Crippen LogP contribution in [-0.4, -0.2) is 78.5 Å². The van der Waals surface area contributed by atoms with Gasteiger partial charge in [0.05, 0.1) is 12.8 Å². The van der Waals surface area contributed by atoms with Gasteiger partial charge >= 0.3 is 0 Å². The Hall–Kier alpha value is -1.38. The Kier molecular flexibility index (Phi) is 4.98. The number of carbonyl (C=O) groups excluding carboxylic acids is 1. The predicted molar refractivity (Wildman–Crippen MR) is 92.3 cm³/mol. The standard InChI is InChI=1S/C16H26N4O3S/c1-3-17-9-11-18(12-10-17)16(21)15-6-5-14-13-19(24(2,22)23)7-4-8-20(14)15/h5-6H,3-4,7-13H2,1-2H3. The molecule has 0 atom stereocenters. The van der Waals surface area contributed by atoms with Gasteiger partial charge < -0.3 is 14.4 Å². The lowest BCUT2D eigenvalue weighted by atomic mass is 10.2. The summed E-state index contributed by atoms with van der Waals surface area (Å²) < 4.78 is 27.2. The van der Waals surface area contributed by atoms with Crippen LogP contribution in [0.3, 0.4) is 0 Å². The molecule has 0 saturated carbocycles. The third kappa shape index (κ3) is 3.50. The first-order valence-electron chi connectivity index (χ1n) is 8.55. The monoisotopic (exact) mass is 354 g/mol. The molecule has 0 aromatic carbocycles. The highest BCUT2D eigenvalue weighted by molar-refractivity contribution is 7.88. The number of aromatic nitrogens is 1. The number of nitrogens with zero attached hydrogens (tertiary/aromatic N) is 4. The van der Waals surface area contributed by atoms with Crippen LogP contribution in [0, 0.1) is 0 Å². The molecule has 134 valence electrons. The fourth-order valence-corrected chi connectivity index (χ4v) is 4.30. The van der Waals surface area contributed by atoms with Crippen LogP contribution >= 0.6 is 0 Å². The van der Waals surface area contributed by atoms with Crippen LogP contribution < -0.4 is 0 Å². The third-order valence-electron chi connectivity index (χ3n) is 4.99. The van der Waals surface area contributed by atoms with Crippen LogP contribution in [0.5, 0.6) is 0 Å². The zero-order valence-electron chi connectivity index (χ0n) is 14.4. The van der Waals surface area contributed by atoms with E-state index >= 15 is 0 Å². The van der Waals surface area contributed by atoms with E-state index < -0.39 is 10.0 Å². The largest absolute Gasteiger partial charge is 0.339 e. The van der Waals surface area contributed by atoms with Crippen LogP contribution in [-0.2, 0) is 23.1 Å². The molecule has 1 fully saturated rings. The van der Waals surface area contributed by atoms with Crippen LogP contribution in [0.15, 0.2) is 12.1 Å². The smallest absolute Gasteiger partial charge is 0.270 e. The molecule has 8 heteroatoms. The zero-order chi connectivity index (χ0) is 17.3. The average molecular weight is 354 g/mol. The summed E-state index contributed by atoms with van der Waals surface area (Å²) in [5, 5.41) is 0. The van der Waals surface area contributed by atoms with Gasteiger partial charge in [0.1, 0.15) is 5.69 Å². The summed E-state index contributed by atoms with van der Waals surface area (Å²) in [6.45, 7) is 8.02. The summed E-state index contributed by atoms with van der Waals surface area (Å²) in [7, 11) is -3.21. The molecule has 3 rings (SSSR count). The van der Waals surface area contributed by atoms with E-state index in [0.717, 1.165) is 44.8 Å². The highest BCUT2D eigenvalue weighted by atomic mass is 32.2. The molecule has 24 heavy (non-hydrogen) atoms. The van der Waals surface area contributed by atoms with E-state index in [0.29, 0.717) is 25.3 Å². The lowest BCUT2D eigenvalue weighted by Gasteiger charge is -2.34. The topological polar surface area (TPSA) is 65.9 Å². The van der Waals surface area contributed by atoms with Gasteiger partial charge in [-0.3, -0.25) is 4.79 Å². The third-order valence-corrected chi connectivity index (χ3v) is 6.24. The lowest BCUT2D eigenvalue weighted by Crippen LogP contribution is -2.48. The van der Waals surface area contributed by atoms with Crippen LogP contribution in [0.25, 0.3) is 0 Å². The van der Waals surface area contributed by atoms with Crippen molar-refractivity contribution in [3.63, 3.8) is 0 Å². The minimum absolute atomic E-state index is 0.0600. The first-order valence-corrected chi connectivity index (χ1v) is 10.4. The van der Waals surface area contributed by atoms with Crippen molar-refractivity contribution in [1.29, 1.82) is 0 Å². The molecule has 1 saturated heterocycles. The first kappa shape index (κ1) is 17.4. The van der Waals surface area contributed by atoms with Gasteiger partial charge in [-0.15, -0.1) is 0 Å². The number of amides is 1. The molecule has 1 aromatic heterocycles. The number of rotatable bonds is 3. The van der Waals surface area contributed by atoms with E-state index in [1.807, 2.05) is 21.6 Å². The summed E-state index contributed by atoms with van der Waals surface area (Å²) in [5.74, 6) is 0.0600. The highest BCUT2D eigenvalue weighted by Gasteiger charge is 2.27. The summed E-state index contributed by atoms with van der Waals surface area (Å²) >= 11 is 0. The fourth-order valence-electron chi connectivity index (χ4n) is 3.48. The summed E-state index contributed by atoms with van der Waals surface area (Å²) in [6.07, 6.45) is 1.96. The second-order valence-electron chi connectivity index (χ2n) is 6.54. The van der Waals surface area contributed by atoms with Crippen LogP contribution in [0.1, 0.15) is 29.5 Å². The molecular formula is C16H26N4O3S. The van der Waals surface area contributed by atoms with Crippen molar-refractivity contribution in [3.05, 3.63) is 23.5 Å². The quantitative estimate of drug-likeness (QED) is 0.790. The van der Waals surface area contributed by atoms with Crippen molar-refractivity contribution in [2.24, 2.45) is 0 Å². The molecule has 0 radical (unpaired) electrons. The van der Waals surface area contributed by atoms with Gasteiger partial charge in [0.2, 0.25) is 10.0 Å². The van der Waals surface area contributed by atoms with Gasteiger partial charge in [-0.25, -0.2) is 8.42 Å². The molecule has 0 bridgehead atoms.